The fraction of sp³-hybridized carbons (Fsp3) is 1.00. The first-order valence-electron chi connectivity index (χ1n) is 3.96. The minimum Gasteiger partial charge on any atom is -0.378 e. The summed E-state index contributed by atoms with van der Waals surface area (Å²) in [4.78, 5) is 0. The molecule has 1 saturated heterocycles. The van der Waals surface area contributed by atoms with Gasteiger partial charge in [-0.25, -0.2) is 8.42 Å². The smallest absolute Gasteiger partial charge is 0.150 e. The van der Waals surface area contributed by atoms with Gasteiger partial charge in [-0.15, -0.1) is 0 Å². The molecule has 1 rings (SSSR count). The molecule has 0 aromatic carbocycles. The molecule has 0 unspecified atom stereocenters. The predicted octanol–water partition coefficient (Wildman–Crippen LogP) is 0.600. The summed E-state index contributed by atoms with van der Waals surface area (Å²) in [5.41, 5.74) is 0. The molecule has 4 heteroatoms. The fourth-order valence-electron chi connectivity index (χ4n) is 1.27. The van der Waals surface area contributed by atoms with E-state index in [1.807, 2.05) is 6.92 Å². The van der Waals surface area contributed by atoms with Crippen molar-refractivity contribution in [3.63, 3.8) is 0 Å². The second-order valence-corrected chi connectivity index (χ2v) is 5.11. The Kier molecular flexibility index (Phi) is 2.90. The van der Waals surface area contributed by atoms with Gasteiger partial charge in [-0.3, -0.25) is 0 Å². The summed E-state index contributed by atoms with van der Waals surface area (Å²) < 4.78 is 27.2. The minimum absolute atomic E-state index is 0.184. The van der Waals surface area contributed by atoms with Crippen molar-refractivity contribution in [2.45, 2.75) is 25.9 Å². The molecule has 0 saturated carbocycles. The average molecular weight is 178 g/mol. The topological polar surface area (TPSA) is 43.4 Å². The molecule has 1 heterocycles. The van der Waals surface area contributed by atoms with Crippen molar-refractivity contribution in [1.82, 2.24) is 0 Å². The standard InChI is InChI=1S/C7H14O3S/c1-2-10-7-3-5-11(8,9)6-4-7/h7H,2-6H2,1H3. The summed E-state index contributed by atoms with van der Waals surface area (Å²) in [7, 11) is -2.71. The zero-order valence-electron chi connectivity index (χ0n) is 6.75. The fourth-order valence-corrected chi connectivity index (χ4v) is 2.72. The monoisotopic (exact) mass is 178 g/mol. The zero-order valence-corrected chi connectivity index (χ0v) is 7.56. The van der Waals surface area contributed by atoms with Crippen molar-refractivity contribution in [2.24, 2.45) is 0 Å². The van der Waals surface area contributed by atoms with Crippen molar-refractivity contribution >= 4 is 9.84 Å². The van der Waals surface area contributed by atoms with E-state index in [-0.39, 0.29) is 6.10 Å². The van der Waals surface area contributed by atoms with E-state index in [2.05, 4.69) is 0 Å². The molecule has 1 aliphatic heterocycles. The van der Waals surface area contributed by atoms with E-state index in [0.717, 1.165) is 0 Å². The quantitative estimate of drug-likeness (QED) is 0.622. The van der Waals surface area contributed by atoms with Gasteiger partial charge in [0.1, 0.15) is 0 Å². The Morgan fingerprint density at radius 3 is 2.36 bits per heavy atom. The van der Waals surface area contributed by atoms with Crippen LogP contribution in [0.4, 0.5) is 0 Å². The van der Waals surface area contributed by atoms with Crippen LogP contribution in [0.25, 0.3) is 0 Å². The molecule has 3 nitrogen and oxygen atoms in total. The molecule has 0 N–H and O–H groups in total. The van der Waals surface area contributed by atoms with Crippen LogP contribution in [0.2, 0.25) is 0 Å². The number of hydrogen-bond donors (Lipinski definition) is 0. The van der Waals surface area contributed by atoms with Gasteiger partial charge < -0.3 is 4.74 Å². The normalized spacial score (nSPS) is 25.2. The summed E-state index contributed by atoms with van der Waals surface area (Å²) in [6.45, 7) is 2.62. The first kappa shape index (κ1) is 9.00. The van der Waals surface area contributed by atoms with Gasteiger partial charge in [-0.05, 0) is 19.8 Å². The van der Waals surface area contributed by atoms with Crippen molar-refractivity contribution in [2.75, 3.05) is 18.1 Å². The third-order valence-corrected chi connectivity index (χ3v) is 3.62. The molecule has 1 fully saturated rings. The third kappa shape index (κ3) is 2.79. The van der Waals surface area contributed by atoms with Crippen molar-refractivity contribution in [3.05, 3.63) is 0 Å². The van der Waals surface area contributed by atoms with E-state index in [4.69, 9.17) is 4.74 Å². The van der Waals surface area contributed by atoms with E-state index in [1.54, 1.807) is 0 Å². The highest BCUT2D eigenvalue weighted by Gasteiger charge is 2.23. The van der Waals surface area contributed by atoms with Gasteiger partial charge in [0.15, 0.2) is 9.84 Å². The van der Waals surface area contributed by atoms with E-state index < -0.39 is 9.84 Å². The molecular formula is C7H14O3S. The molecule has 0 spiro atoms. The number of ether oxygens (including phenoxy) is 1. The van der Waals surface area contributed by atoms with E-state index in [0.29, 0.717) is 31.0 Å². The number of sulfone groups is 1. The lowest BCUT2D eigenvalue weighted by Gasteiger charge is -2.21. The van der Waals surface area contributed by atoms with Gasteiger partial charge in [0.25, 0.3) is 0 Å². The highest BCUT2D eigenvalue weighted by atomic mass is 32.2. The molecule has 0 amide bonds. The molecule has 0 atom stereocenters. The molecular weight excluding hydrogens is 164 g/mol. The Morgan fingerprint density at radius 2 is 1.91 bits per heavy atom. The molecule has 0 bridgehead atoms. The van der Waals surface area contributed by atoms with Crippen molar-refractivity contribution in [3.8, 4) is 0 Å². The van der Waals surface area contributed by atoms with Gasteiger partial charge in [0, 0.05) is 6.61 Å². The molecule has 0 aromatic rings. The minimum atomic E-state index is -2.71. The Balaban J connectivity index is 2.36. The van der Waals surface area contributed by atoms with E-state index in [9.17, 15) is 8.42 Å². The maximum atomic E-state index is 10.9. The van der Waals surface area contributed by atoms with Crippen molar-refractivity contribution < 1.29 is 13.2 Å². The molecule has 11 heavy (non-hydrogen) atoms. The summed E-state index contributed by atoms with van der Waals surface area (Å²) in [5, 5.41) is 0. The zero-order chi connectivity index (χ0) is 8.32. The molecule has 1 aliphatic rings. The molecule has 0 radical (unpaired) electrons. The lowest BCUT2D eigenvalue weighted by Crippen LogP contribution is -2.28. The number of rotatable bonds is 2. The van der Waals surface area contributed by atoms with Gasteiger partial charge >= 0.3 is 0 Å². The van der Waals surface area contributed by atoms with E-state index in [1.165, 1.54) is 0 Å². The SMILES string of the molecule is CCOC1CCS(=O)(=O)CC1. The predicted molar refractivity (Wildman–Crippen MR) is 43.3 cm³/mol. The van der Waals surface area contributed by atoms with Crippen LogP contribution in [0.5, 0.6) is 0 Å². The van der Waals surface area contributed by atoms with Gasteiger partial charge in [-0.2, -0.15) is 0 Å². The number of hydrogen-bond acceptors (Lipinski definition) is 3. The van der Waals surface area contributed by atoms with Gasteiger partial charge in [0.2, 0.25) is 0 Å². The van der Waals surface area contributed by atoms with Crippen LogP contribution in [0.1, 0.15) is 19.8 Å². The Labute approximate surface area is 67.7 Å². The second kappa shape index (κ2) is 3.54. The highest BCUT2D eigenvalue weighted by Crippen LogP contribution is 2.14. The summed E-state index contributed by atoms with van der Waals surface area (Å²) in [6.07, 6.45) is 1.54. The molecule has 0 aliphatic carbocycles. The summed E-state index contributed by atoms with van der Waals surface area (Å²) >= 11 is 0. The summed E-state index contributed by atoms with van der Waals surface area (Å²) in [5.74, 6) is 0.606. The first-order chi connectivity index (χ1) is 5.14. The van der Waals surface area contributed by atoms with Crippen LogP contribution < -0.4 is 0 Å². The van der Waals surface area contributed by atoms with Crippen LogP contribution >= 0.6 is 0 Å². The Hall–Kier alpha value is -0.0900. The highest BCUT2D eigenvalue weighted by molar-refractivity contribution is 7.91. The largest absolute Gasteiger partial charge is 0.378 e. The van der Waals surface area contributed by atoms with Crippen LogP contribution in [-0.2, 0) is 14.6 Å². The van der Waals surface area contributed by atoms with Gasteiger partial charge in [-0.1, -0.05) is 0 Å². The van der Waals surface area contributed by atoms with Gasteiger partial charge in [0.05, 0.1) is 17.6 Å². The molecule has 66 valence electrons. The van der Waals surface area contributed by atoms with Crippen LogP contribution in [0, 0.1) is 0 Å². The lowest BCUT2D eigenvalue weighted by molar-refractivity contribution is 0.0563. The van der Waals surface area contributed by atoms with Crippen LogP contribution in [0.3, 0.4) is 0 Å². The van der Waals surface area contributed by atoms with Crippen LogP contribution in [-0.4, -0.2) is 32.6 Å². The first-order valence-corrected chi connectivity index (χ1v) is 5.78. The van der Waals surface area contributed by atoms with Crippen molar-refractivity contribution in [1.29, 1.82) is 0 Å². The summed E-state index contributed by atoms with van der Waals surface area (Å²) in [6, 6.07) is 0. The van der Waals surface area contributed by atoms with Crippen LogP contribution in [0.15, 0.2) is 0 Å². The maximum absolute atomic E-state index is 10.9. The Morgan fingerprint density at radius 1 is 1.36 bits per heavy atom. The molecule has 0 aromatic heterocycles. The lowest BCUT2D eigenvalue weighted by atomic mass is 10.2. The third-order valence-electron chi connectivity index (χ3n) is 1.90. The van der Waals surface area contributed by atoms with E-state index >= 15 is 0 Å². The Bertz CT molecular complexity index is 194. The maximum Gasteiger partial charge on any atom is 0.150 e. The average Bonchev–Trinajstić information content (AvgIpc) is 1.94. The second-order valence-electron chi connectivity index (χ2n) is 2.81.